The molecule has 3 rings (SSSR count). The summed E-state index contributed by atoms with van der Waals surface area (Å²) in [6, 6.07) is 22.3. The number of carbonyl (C=O) groups excluding carboxylic acids is 2. The van der Waals surface area contributed by atoms with Crippen LogP contribution in [0.15, 0.2) is 78.9 Å². The van der Waals surface area contributed by atoms with Gasteiger partial charge in [0.05, 0.1) is 26.2 Å². The summed E-state index contributed by atoms with van der Waals surface area (Å²) in [7, 11) is -0.913. The predicted octanol–water partition coefficient (Wildman–Crippen LogP) is 3.25. The number of ether oxygens (including phenoxy) is 2. The molecule has 3 aromatic rings. The maximum atomic E-state index is 14.0. The molecule has 1 N–H and O–H groups in total. The van der Waals surface area contributed by atoms with Crippen LogP contribution in [-0.4, -0.2) is 64.7 Å². The fourth-order valence-corrected chi connectivity index (χ4v) is 5.10. The summed E-state index contributed by atoms with van der Waals surface area (Å²) in [4.78, 5) is 28.8. The SMILES string of the molecule is CCNC(=O)[C@@H](Cc1ccccc1)N(Cc1cccc(OC)c1)C(=O)CN(c1ccccc1OC)S(C)(=O)=O. The molecular formula is C29H35N3O6S. The Morgan fingerprint density at radius 1 is 0.897 bits per heavy atom. The summed E-state index contributed by atoms with van der Waals surface area (Å²) in [6.07, 6.45) is 1.28. The lowest BCUT2D eigenvalue weighted by Gasteiger charge is -2.33. The van der Waals surface area contributed by atoms with E-state index in [-0.39, 0.29) is 24.6 Å². The summed E-state index contributed by atoms with van der Waals surface area (Å²) < 4.78 is 37.5. The second-order valence-electron chi connectivity index (χ2n) is 8.91. The van der Waals surface area contributed by atoms with E-state index in [9.17, 15) is 18.0 Å². The molecule has 208 valence electrons. The van der Waals surface area contributed by atoms with Gasteiger partial charge >= 0.3 is 0 Å². The summed E-state index contributed by atoms with van der Waals surface area (Å²) in [5, 5.41) is 2.83. The molecule has 0 radical (unpaired) electrons. The van der Waals surface area contributed by atoms with Crippen molar-refractivity contribution < 1.29 is 27.5 Å². The Labute approximate surface area is 230 Å². The van der Waals surface area contributed by atoms with Gasteiger partial charge in [0.2, 0.25) is 21.8 Å². The average Bonchev–Trinajstić information content (AvgIpc) is 2.93. The second-order valence-corrected chi connectivity index (χ2v) is 10.8. The van der Waals surface area contributed by atoms with E-state index in [0.717, 1.165) is 21.7 Å². The van der Waals surface area contributed by atoms with Crippen LogP contribution in [-0.2, 0) is 32.6 Å². The third kappa shape index (κ3) is 7.97. The van der Waals surface area contributed by atoms with Gasteiger partial charge in [-0.15, -0.1) is 0 Å². The van der Waals surface area contributed by atoms with Crippen LogP contribution >= 0.6 is 0 Å². The molecule has 0 aliphatic rings. The molecule has 0 bridgehead atoms. The first kappa shape index (κ1) is 29.5. The summed E-state index contributed by atoms with van der Waals surface area (Å²) in [6.45, 7) is 1.73. The van der Waals surface area contributed by atoms with Gasteiger partial charge in [-0.3, -0.25) is 13.9 Å². The van der Waals surface area contributed by atoms with Gasteiger partial charge in [-0.25, -0.2) is 8.42 Å². The Balaban J connectivity index is 2.07. The Morgan fingerprint density at radius 2 is 1.56 bits per heavy atom. The molecule has 0 spiro atoms. The standard InChI is InChI=1S/C29H35N3O6S/c1-5-30-29(34)26(19-22-12-7-6-8-13-22)31(20-23-14-11-15-24(18-23)37-2)28(33)21-32(39(4,35)36)25-16-9-10-17-27(25)38-3/h6-18,26H,5,19-21H2,1-4H3,(H,30,34)/t26-/m1/s1. The zero-order chi connectivity index (χ0) is 28.4. The predicted molar refractivity (Wildman–Crippen MR) is 151 cm³/mol. The molecule has 2 amide bonds. The number of methoxy groups -OCH3 is 2. The van der Waals surface area contributed by atoms with Gasteiger partial charge in [-0.2, -0.15) is 0 Å². The molecule has 10 heteroatoms. The molecule has 0 unspecified atom stereocenters. The first-order valence-corrected chi connectivity index (χ1v) is 14.4. The van der Waals surface area contributed by atoms with Gasteiger partial charge in [0, 0.05) is 19.5 Å². The number of para-hydroxylation sites is 2. The fourth-order valence-electron chi connectivity index (χ4n) is 4.24. The van der Waals surface area contributed by atoms with Crippen LogP contribution in [0.3, 0.4) is 0 Å². The number of amides is 2. The molecule has 0 aliphatic heterocycles. The Bertz CT molecular complexity index is 1360. The highest BCUT2D eigenvalue weighted by Gasteiger charge is 2.33. The van der Waals surface area contributed by atoms with Crippen LogP contribution in [0, 0.1) is 0 Å². The second kappa shape index (κ2) is 13.7. The average molecular weight is 554 g/mol. The summed E-state index contributed by atoms with van der Waals surface area (Å²) in [5.41, 5.74) is 1.82. The Morgan fingerprint density at radius 3 is 2.21 bits per heavy atom. The smallest absolute Gasteiger partial charge is 0.244 e. The Hall–Kier alpha value is -4.05. The van der Waals surface area contributed by atoms with Crippen LogP contribution in [0.2, 0.25) is 0 Å². The lowest BCUT2D eigenvalue weighted by molar-refractivity contribution is -0.140. The molecule has 0 saturated carbocycles. The van der Waals surface area contributed by atoms with E-state index in [0.29, 0.717) is 18.0 Å². The van der Waals surface area contributed by atoms with Gasteiger partial charge in [-0.05, 0) is 42.3 Å². The van der Waals surface area contributed by atoms with Crippen molar-refractivity contribution in [1.29, 1.82) is 0 Å². The van der Waals surface area contributed by atoms with E-state index < -0.39 is 28.5 Å². The van der Waals surface area contributed by atoms with E-state index in [4.69, 9.17) is 9.47 Å². The van der Waals surface area contributed by atoms with Crippen molar-refractivity contribution in [3.63, 3.8) is 0 Å². The minimum Gasteiger partial charge on any atom is -0.497 e. The number of benzene rings is 3. The van der Waals surface area contributed by atoms with Crippen LogP contribution in [0.1, 0.15) is 18.1 Å². The van der Waals surface area contributed by atoms with Gasteiger partial charge in [0.15, 0.2) is 0 Å². The molecule has 9 nitrogen and oxygen atoms in total. The normalized spacial score (nSPS) is 11.8. The van der Waals surface area contributed by atoms with Crippen LogP contribution in [0.5, 0.6) is 11.5 Å². The van der Waals surface area contributed by atoms with Crippen molar-refractivity contribution in [2.75, 3.05) is 37.9 Å². The molecular weight excluding hydrogens is 518 g/mol. The number of nitrogens with one attached hydrogen (secondary N) is 1. The molecule has 0 heterocycles. The zero-order valence-electron chi connectivity index (χ0n) is 22.7. The quantitative estimate of drug-likeness (QED) is 0.349. The number of hydrogen-bond acceptors (Lipinski definition) is 6. The topological polar surface area (TPSA) is 105 Å². The van der Waals surface area contributed by atoms with E-state index >= 15 is 0 Å². The zero-order valence-corrected chi connectivity index (χ0v) is 23.5. The van der Waals surface area contributed by atoms with Gasteiger partial charge in [0.1, 0.15) is 24.1 Å². The van der Waals surface area contributed by atoms with Crippen molar-refractivity contribution in [2.24, 2.45) is 0 Å². The molecule has 39 heavy (non-hydrogen) atoms. The number of likely N-dealkylation sites (N-methyl/N-ethyl adjacent to an activating group) is 1. The summed E-state index contributed by atoms with van der Waals surface area (Å²) >= 11 is 0. The van der Waals surface area contributed by atoms with Crippen molar-refractivity contribution in [2.45, 2.75) is 25.9 Å². The highest BCUT2D eigenvalue weighted by molar-refractivity contribution is 7.92. The Kier molecular flexibility index (Phi) is 10.3. The number of anilines is 1. The molecule has 0 aromatic heterocycles. The fraction of sp³-hybridized carbons (Fsp3) is 0.310. The molecule has 0 saturated heterocycles. The van der Waals surface area contributed by atoms with Crippen molar-refractivity contribution in [3.8, 4) is 11.5 Å². The highest BCUT2D eigenvalue weighted by Crippen LogP contribution is 2.30. The van der Waals surface area contributed by atoms with Gasteiger partial charge in [0.25, 0.3) is 0 Å². The molecule has 0 fully saturated rings. The highest BCUT2D eigenvalue weighted by atomic mass is 32.2. The third-order valence-electron chi connectivity index (χ3n) is 6.14. The maximum Gasteiger partial charge on any atom is 0.244 e. The monoisotopic (exact) mass is 553 g/mol. The molecule has 3 aromatic carbocycles. The minimum atomic E-state index is -3.89. The first-order valence-electron chi connectivity index (χ1n) is 12.5. The number of hydrogen-bond donors (Lipinski definition) is 1. The summed E-state index contributed by atoms with van der Waals surface area (Å²) in [5.74, 6) is 0.0334. The molecule has 1 atom stereocenters. The van der Waals surface area contributed by atoms with Crippen LogP contribution in [0.25, 0.3) is 0 Å². The lowest BCUT2D eigenvalue weighted by atomic mass is 10.0. The van der Waals surface area contributed by atoms with Crippen LogP contribution < -0.4 is 19.1 Å². The maximum absolute atomic E-state index is 14.0. The lowest BCUT2D eigenvalue weighted by Crippen LogP contribution is -2.53. The number of sulfonamides is 1. The van der Waals surface area contributed by atoms with Crippen LogP contribution in [0.4, 0.5) is 5.69 Å². The van der Waals surface area contributed by atoms with E-state index in [1.807, 2.05) is 36.4 Å². The van der Waals surface area contributed by atoms with Gasteiger partial charge in [-0.1, -0.05) is 54.6 Å². The van der Waals surface area contributed by atoms with E-state index in [1.165, 1.54) is 12.0 Å². The number of rotatable bonds is 13. The van der Waals surface area contributed by atoms with Crippen molar-refractivity contribution >= 4 is 27.5 Å². The minimum absolute atomic E-state index is 0.0637. The van der Waals surface area contributed by atoms with Crippen molar-refractivity contribution in [1.82, 2.24) is 10.2 Å². The van der Waals surface area contributed by atoms with E-state index in [2.05, 4.69) is 5.32 Å². The number of carbonyl (C=O) groups is 2. The van der Waals surface area contributed by atoms with Gasteiger partial charge < -0.3 is 19.7 Å². The van der Waals surface area contributed by atoms with Crippen molar-refractivity contribution in [3.05, 3.63) is 90.0 Å². The third-order valence-corrected chi connectivity index (χ3v) is 7.27. The largest absolute Gasteiger partial charge is 0.497 e. The first-order chi connectivity index (χ1) is 18.7. The number of nitrogens with zero attached hydrogens (tertiary/aromatic N) is 2. The van der Waals surface area contributed by atoms with E-state index in [1.54, 1.807) is 56.5 Å². The molecule has 0 aliphatic carbocycles.